The molecule has 4 aliphatic carbocycles. The molecule has 4 aliphatic rings. The maximum Gasteiger partial charge on any atom is 0.323 e. The fourth-order valence-corrected chi connectivity index (χ4v) is 9.35. The van der Waals surface area contributed by atoms with Crippen LogP contribution < -0.4 is 36.6 Å². The first-order valence-electron chi connectivity index (χ1n) is 20.9. The van der Waals surface area contributed by atoms with Crippen molar-refractivity contribution in [2.45, 2.75) is 44.1 Å². The van der Waals surface area contributed by atoms with E-state index in [0.29, 0.717) is 22.8 Å². The third kappa shape index (κ3) is 12.7. The van der Waals surface area contributed by atoms with E-state index in [9.17, 15) is 29.7 Å². The number of anilines is 5. The van der Waals surface area contributed by atoms with Crippen molar-refractivity contribution in [3.8, 4) is 28.7 Å². The van der Waals surface area contributed by atoms with Crippen LogP contribution in [0.4, 0.5) is 42.8 Å². The number of phenols is 3. The van der Waals surface area contributed by atoms with E-state index in [1.165, 1.54) is 31.4 Å². The molecule has 0 spiro atoms. The highest BCUT2D eigenvalue weighted by molar-refractivity contribution is 6.33. The molecule has 65 heavy (non-hydrogen) atoms. The van der Waals surface area contributed by atoms with Gasteiger partial charge in [-0.15, -0.1) is 0 Å². The van der Waals surface area contributed by atoms with Crippen LogP contribution in [0.15, 0.2) is 140 Å². The third-order valence-corrected chi connectivity index (χ3v) is 12.2. The van der Waals surface area contributed by atoms with E-state index in [1.807, 2.05) is 48.5 Å². The summed E-state index contributed by atoms with van der Waals surface area (Å²) in [6.45, 7) is 0. The molecule has 0 aliphatic heterocycles. The molecule has 4 fully saturated rings. The second-order valence-electron chi connectivity index (χ2n) is 16.1. The zero-order valence-electron chi connectivity index (χ0n) is 34.9. The number of phenolic OH excluding ortho intramolecular Hbond substituents is 3. The number of amides is 6. The van der Waals surface area contributed by atoms with Crippen molar-refractivity contribution in [2.75, 3.05) is 26.6 Å². The Balaban J connectivity index is 0.000000147. The zero-order chi connectivity index (χ0) is 45.9. The summed E-state index contributed by atoms with van der Waals surface area (Å²) in [6, 6.07) is 38.6. The number of benzene rings is 6. The monoisotopic (exact) mass is 936 g/mol. The van der Waals surface area contributed by atoms with Crippen LogP contribution in [-0.2, 0) is 0 Å². The number of rotatable bonds is 8. The maximum absolute atomic E-state index is 12.4. The van der Waals surface area contributed by atoms with Crippen LogP contribution in [0.25, 0.3) is 0 Å². The molecule has 6 aromatic rings. The van der Waals surface area contributed by atoms with Gasteiger partial charge < -0.3 is 52.0 Å². The van der Waals surface area contributed by atoms with Gasteiger partial charge in [0.05, 0.1) is 32.1 Å². The molecule has 6 amide bonds. The van der Waals surface area contributed by atoms with E-state index in [4.69, 9.17) is 39.5 Å². The third-order valence-electron chi connectivity index (χ3n) is 11.2. The summed E-state index contributed by atoms with van der Waals surface area (Å²) in [6.07, 6.45) is 7.35. The Bertz CT molecular complexity index is 2570. The largest absolute Gasteiger partial charge is 0.504 e. The van der Waals surface area contributed by atoms with Crippen LogP contribution in [0.3, 0.4) is 0 Å². The molecule has 0 saturated heterocycles. The fraction of sp³-hybridized carbons (Fsp3) is 0.204. The van der Waals surface area contributed by atoms with E-state index in [-0.39, 0.29) is 55.3 Å². The van der Waals surface area contributed by atoms with Crippen LogP contribution in [0.2, 0.25) is 15.1 Å². The molecule has 0 unspecified atom stereocenters. The Morgan fingerprint density at radius 2 is 0.815 bits per heavy atom. The van der Waals surface area contributed by atoms with Crippen molar-refractivity contribution in [3.05, 3.63) is 155 Å². The topological polar surface area (TPSA) is 193 Å². The van der Waals surface area contributed by atoms with Crippen molar-refractivity contribution in [2.24, 2.45) is 17.8 Å². The van der Waals surface area contributed by atoms with Crippen molar-refractivity contribution in [1.29, 1.82) is 0 Å². The van der Waals surface area contributed by atoms with Gasteiger partial charge in [0.25, 0.3) is 0 Å². The van der Waals surface area contributed by atoms with Crippen molar-refractivity contribution < 1.29 is 34.4 Å². The van der Waals surface area contributed by atoms with Crippen molar-refractivity contribution in [3.63, 3.8) is 0 Å². The number of carbonyl (C=O) groups excluding carboxylic acids is 3. The van der Waals surface area contributed by atoms with E-state index in [2.05, 4.69) is 31.9 Å². The molecule has 0 heterocycles. The average molecular weight is 938 g/mol. The summed E-state index contributed by atoms with van der Waals surface area (Å²) in [5.74, 6) is 3.34. The SMILES string of the molecule is O=C(Nc1ccc(Oc2ccccc2)cc1)Nc1cccc(Cl)c1O.O=C(Nc1cccc(Cl)c1O)NC12CC3CC(CC(C3)C1)C2.O=C(Nc1ccccc1)Nc1cccc(Cl)c1O. The number of aromatic hydroxyl groups is 3. The van der Waals surface area contributed by atoms with E-state index >= 15 is 0 Å². The lowest BCUT2D eigenvalue weighted by atomic mass is 9.53. The quantitative estimate of drug-likeness (QED) is 0.0678. The van der Waals surface area contributed by atoms with Crippen LogP contribution in [0.5, 0.6) is 28.7 Å². The molecule has 336 valence electrons. The first kappa shape index (κ1) is 46.2. The smallest absolute Gasteiger partial charge is 0.323 e. The van der Waals surface area contributed by atoms with Gasteiger partial charge in [0.15, 0.2) is 17.2 Å². The van der Waals surface area contributed by atoms with Gasteiger partial charge in [0.2, 0.25) is 0 Å². The minimum Gasteiger partial charge on any atom is -0.504 e. The minimum absolute atomic E-state index is 0.0347. The first-order valence-corrected chi connectivity index (χ1v) is 22.0. The summed E-state index contributed by atoms with van der Waals surface area (Å²) in [4.78, 5) is 36.1. The van der Waals surface area contributed by atoms with Crippen molar-refractivity contribution in [1.82, 2.24) is 5.32 Å². The number of hydrogen-bond acceptors (Lipinski definition) is 7. The summed E-state index contributed by atoms with van der Waals surface area (Å²) in [7, 11) is 0. The molecule has 9 N–H and O–H groups in total. The standard InChI is InChI=1S/C19H15ClN2O3.C17H21ClN2O2.C13H11ClN2O2/c20-16-7-4-8-17(18(16)23)22-19(24)21-13-9-11-15(12-10-13)25-14-5-2-1-3-6-14;18-13-2-1-3-14(15(13)21)19-16(22)20-17-7-10-4-11(8-17)6-12(5-10)9-17;14-10-7-4-8-11(12(10)17)16-13(18)15-9-5-2-1-3-6-9/h1-12,23H,(H2,21,22,24);1-3,10-12,21H,4-9H2,(H2,19,20,22);1-8,17H,(H2,15,16,18). The Hall–Kier alpha value is -6.80. The van der Waals surface area contributed by atoms with Gasteiger partial charge in [-0.3, -0.25) is 0 Å². The Morgan fingerprint density at radius 1 is 0.446 bits per heavy atom. The van der Waals surface area contributed by atoms with E-state index in [0.717, 1.165) is 42.8 Å². The predicted octanol–water partition coefficient (Wildman–Crippen LogP) is 13.3. The number of para-hydroxylation sites is 5. The highest BCUT2D eigenvalue weighted by atomic mass is 35.5. The highest BCUT2D eigenvalue weighted by Crippen LogP contribution is 2.55. The van der Waals surface area contributed by atoms with E-state index < -0.39 is 12.1 Å². The van der Waals surface area contributed by atoms with Gasteiger partial charge in [-0.1, -0.05) is 89.4 Å². The van der Waals surface area contributed by atoms with Crippen LogP contribution >= 0.6 is 34.8 Å². The first-order chi connectivity index (χ1) is 31.3. The molecule has 0 aromatic heterocycles. The second-order valence-corrected chi connectivity index (χ2v) is 17.4. The molecule has 6 aromatic carbocycles. The molecule has 0 radical (unpaired) electrons. The average Bonchev–Trinajstić information content (AvgIpc) is 3.27. The number of carbonyl (C=O) groups is 3. The maximum atomic E-state index is 12.4. The summed E-state index contributed by atoms with van der Waals surface area (Å²) >= 11 is 17.4. The lowest BCUT2D eigenvalue weighted by Gasteiger charge is -2.56. The highest BCUT2D eigenvalue weighted by Gasteiger charge is 2.51. The molecule has 10 rings (SSSR count). The van der Waals surface area contributed by atoms with Crippen LogP contribution in [0, 0.1) is 17.8 Å². The molecule has 16 heteroatoms. The number of urea groups is 3. The molecule has 0 atom stereocenters. The van der Waals surface area contributed by atoms with E-state index in [1.54, 1.807) is 78.9 Å². The molecule has 4 bridgehead atoms. The number of ether oxygens (including phenoxy) is 1. The molecule has 13 nitrogen and oxygen atoms in total. The normalized spacial score (nSPS) is 18.6. The van der Waals surface area contributed by atoms with Crippen LogP contribution in [0.1, 0.15) is 38.5 Å². The number of hydrogen-bond donors (Lipinski definition) is 9. The zero-order valence-corrected chi connectivity index (χ0v) is 37.1. The predicted molar refractivity (Wildman–Crippen MR) is 257 cm³/mol. The van der Waals surface area contributed by atoms with Crippen LogP contribution in [-0.4, -0.2) is 39.0 Å². The Labute approximate surface area is 391 Å². The Kier molecular flexibility index (Phi) is 15.1. The summed E-state index contributed by atoms with van der Waals surface area (Å²) < 4.78 is 5.69. The van der Waals surface area contributed by atoms with Gasteiger partial charge in [-0.25, -0.2) is 14.4 Å². The van der Waals surface area contributed by atoms with Crippen molar-refractivity contribution >= 4 is 81.3 Å². The number of nitrogens with one attached hydrogen (secondary N) is 6. The second kappa shape index (κ2) is 21.3. The van der Waals surface area contributed by atoms with Gasteiger partial charge in [0.1, 0.15) is 11.5 Å². The molecule has 4 saturated carbocycles. The summed E-state index contributed by atoms with van der Waals surface area (Å²) in [5.41, 5.74) is 2.06. The minimum atomic E-state index is -0.491. The number of halogens is 3. The lowest BCUT2D eigenvalue weighted by Crippen LogP contribution is -2.60. The molecular formula is C49H47Cl3N6O7. The lowest BCUT2D eigenvalue weighted by molar-refractivity contribution is -0.0127. The Morgan fingerprint density at radius 3 is 1.25 bits per heavy atom. The van der Waals surface area contributed by atoms with Gasteiger partial charge in [-0.2, -0.15) is 0 Å². The summed E-state index contributed by atoms with van der Waals surface area (Å²) in [5, 5.41) is 46.2. The molecular weight excluding hydrogens is 891 g/mol. The van der Waals surface area contributed by atoms with Gasteiger partial charge in [0, 0.05) is 16.9 Å². The van der Waals surface area contributed by atoms with Gasteiger partial charge >= 0.3 is 18.1 Å². The fourth-order valence-electron chi connectivity index (χ4n) is 8.83. The van der Waals surface area contributed by atoms with Gasteiger partial charge in [-0.05, 0) is 141 Å².